The molecule has 150 valence electrons. The molecule has 7 nitrogen and oxygen atoms in total. The number of rotatable bonds is 4. The van der Waals surface area contributed by atoms with Crippen molar-refractivity contribution >= 4 is 22.6 Å². The van der Waals surface area contributed by atoms with Crippen LogP contribution in [0.25, 0.3) is 10.9 Å². The quantitative estimate of drug-likeness (QED) is 0.880. The minimum absolute atomic E-state index is 0.0603. The van der Waals surface area contributed by atoms with Crippen LogP contribution in [0.5, 0.6) is 0 Å². The number of piperidine rings is 1. The lowest BCUT2D eigenvalue weighted by atomic mass is 10.1. The van der Waals surface area contributed by atoms with Gasteiger partial charge in [0.2, 0.25) is 0 Å². The van der Waals surface area contributed by atoms with Gasteiger partial charge < -0.3 is 10.2 Å². The molecular formula is C21H28N4O3. The fourth-order valence-electron chi connectivity index (χ4n) is 3.98. The molecule has 2 aromatic rings. The summed E-state index contributed by atoms with van der Waals surface area (Å²) in [6.45, 7) is 5.89. The summed E-state index contributed by atoms with van der Waals surface area (Å²) >= 11 is 0. The molecule has 1 saturated heterocycles. The van der Waals surface area contributed by atoms with E-state index in [0.29, 0.717) is 29.1 Å². The first-order chi connectivity index (χ1) is 13.5. The summed E-state index contributed by atoms with van der Waals surface area (Å²) in [6, 6.07) is 5.06. The standard InChI is InChI=1S/C21H28N4O3/c1-14(2)25-18-9-8-16(22-20(27)23-10-4-3-5-11-23)12-17(18)19(26)24(21(25)28)13-15-6-7-15/h8-9,12,14-15H,3-7,10-11,13H2,1-2H3,(H,22,27). The van der Waals surface area contributed by atoms with Crippen LogP contribution in [-0.2, 0) is 6.54 Å². The Balaban J connectivity index is 1.74. The van der Waals surface area contributed by atoms with Crippen LogP contribution < -0.4 is 16.6 Å². The predicted molar refractivity (Wildman–Crippen MR) is 110 cm³/mol. The maximum atomic E-state index is 13.1. The number of urea groups is 1. The van der Waals surface area contributed by atoms with Gasteiger partial charge in [0, 0.05) is 31.4 Å². The number of nitrogens with zero attached hydrogens (tertiary/aromatic N) is 3. The number of hydrogen-bond acceptors (Lipinski definition) is 3. The first-order valence-corrected chi connectivity index (χ1v) is 10.3. The molecule has 0 atom stereocenters. The summed E-state index contributed by atoms with van der Waals surface area (Å²) in [5.74, 6) is 0.422. The van der Waals surface area contributed by atoms with E-state index < -0.39 is 0 Å². The highest BCUT2D eigenvalue weighted by Crippen LogP contribution is 2.30. The van der Waals surface area contributed by atoms with E-state index in [1.54, 1.807) is 22.8 Å². The summed E-state index contributed by atoms with van der Waals surface area (Å²) in [5, 5.41) is 3.40. The minimum atomic E-state index is -0.266. The Kier molecular flexibility index (Phi) is 5.00. The van der Waals surface area contributed by atoms with E-state index >= 15 is 0 Å². The van der Waals surface area contributed by atoms with Crippen LogP contribution in [0.15, 0.2) is 27.8 Å². The van der Waals surface area contributed by atoms with Gasteiger partial charge in [0.15, 0.2) is 0 Å². The van der Waals surface area contributed by atoms with Gasteiger partial charge in [0.25, 0.3) is 5.56 Å². The fraction of sp³-hybridized carbons (Fsp3) is 0.571. The molecule has 7 heteroatoms. The summed E-state index contributed by atoms with van der Waals surface area (Å²) in [6.07, 6.45) is 5.34. The summed E-state index contributed by atoms with van der Waals surface area (Å²) < 4.78 is 3.05. The molecule has 0 spiro atoms. The van der Waals surface area contributed by atoms with Gasteiger partial charge in [0.05, 0.1) is 10.9 Å². The van der Waals surface area contributed by atoms with Gasteiger partial charge in [-0.25, -0.2) is 9.59 Å². The molecule has 28 heavy (non-hydrogen) atoms. The van der Waals surface area contributed by atoms with E-state index in [0.717, 1.165) is 45.2 Å². The molecule has 2 fully saturated rings. The van der Waals surface area contributed by atoms with E-state index in [9.17, 15) is 14.4 Å². The zero-order chi connectivity index (χ0) is 19.8. The lowest BCUT2D eigenvalue weighted by molar-refractivity contribution is 0.200. The average Bonchev–Trinajstić information content (AvgIpc) is 3.50. The highest BCUT2D eigenvalue weighted by atomic mass is 16.2. The van der Waals surface area contributed by atoms with Gasteiger partial charge in [-0.2, -0.15) is 0 Å². The third-order valence-electron chi connectivity index (χ3n) is 5.72. The number of fused-ring (bicyclic) bond motifs is 1. The fourth-order valence-corrected chi connectivity index (χ4v) is 3.98. The second-order valence-corrected chi connectivity index (χ2v) is 8.32. The van der Waals surface area contributed by atoms with Gasteiger partial charge in [-0.15, -0.1) is 0 Å². The Hall–Kier alpha value is -2.57. The van der Waals surface area contributed by atoms with Crippen molar-refractivity contribution in [2.75, 3.05) is 18.4 Å². The van der Waals surface area contributed by atoms with Crippen LogP contribution >= 0.6 is 0 Å². The second kappa shape index (κ2) is 7.45. The molecule has 1 aliphatic heterocycles. The van der Waals surface area contributed by atoms with Gasteiger partial charge >= 0.3 is 11.7 Å². The molecule has 1 aromatic carbocycles. The molecule has 0 unspecified atom stereocenters. The zero-order valence-electron chi connectivity index (χ0n) is 16.6. The van der Waals surface area contributed by atoms with Crippen molar-refractivity contribution in [1.29, 1.82) is 0 Å². The molecule has 2 amide bonds. The van der Waals surface area contributed by atoms with E-state index in [1.165, 1.54) is 4.57 Å². The molecule has 2 aliphatic rings. The van der Waals surface area contributed by atoms with Gasteiger partial charge in [-0.05, 0) is 70.1 Å². The van der Waals surface area contributed by atoms with Crippen molar-refractivity contribution < 1.29 is 4.79 Å². The molecule has 1 aromatic heterocycles. The number of carbonyl (C=O) groups is 1. The Morgan fingerprint density at radius 3 is 2.50 bits per heavy atom. The maximum absolute atomic E-state index is 13.1. The Morgan fingerprint density at radius 1 is 1.14 bits per heavy atom. The highest BCUT2D eigenvalue weighted by molar-refractivity contribution is 5.92. The Morgan fingerprint density at radius 2 is 1.86 bits per heavy atom. The van der Waals surface area contributed by atoms with Crippen molar-refractivity contribution in [3.8, 4) is 0 Å². The molecule has 1 N–H and O–H groups in total. The third kappa shape index (κ3) is 3.57. The Labute approximate surface area is 163 Å². The highest BCUT2D eigenvalue weighted by Gasteiger charge is 2.25. The van der Waals surface area contributed by atoms with Crippen LogP contribution in [0.2, 0.25) is 0 Å². The van der Waals surface area contributed by atoms with E-state index in [4.69, 9.17) is 0 Å². The van der Waals surface area contributed by atoms with E-state index in [-0.39, 0.29) is 23.3 Å². The third-order valence-corrected chi connectivity index (χ3v) is 5.72. The van der Waals surface area contributed by atoms with Crippen LogP contribution in [0, 0.1) is 5.92 Å². The number of aromatic nitrogens is 2. The van der Waals surface area contributed by atoms with Crippen LogP contribution in [-0.4, -0.2) is 33.2 Å². The molecule has 1 aliphatic carbocycles. The van der Waals surface area contributed by atoms with Crippen molar-refractivity contribution in [2.45, 2.75) is 58.5 Å². The smallest absolute Gasteiger partial charge is 0.325 e. The van der Waals surface area contributed by atoms with Gasteiger partial charge in [-0.3, -0.25) is 13.9 Å². The van der Waals surface area contributed by atoms with Crippen LogP contribution in [0.3, 0.4) is 0 Å². The number of amides is 2. The van der Waals surface area contributed by atoms with Crippen LogP contribution in [0.4, 0.5) is 10.5 Å². The molecule has 0 bridgehead atoms. The molecule has 1 saturated carbocycles. The first-order valence-electron chi connectivity index (χ1n) is 10.3. The normalized spacial score (nSPS) is 17.3. The summed E-state index contributed by atoms with van der Waals surface area (Å²) in [5.41, 5.74) is 0.697. The summed E-state index contributed by atoms with van der Waals surface area (Å²) in [7, 11) is 0. The molecule has 2 heterocycles. The van der Waals surface area contributed by atoms with E-state index in [1.807, 2.05) is 18.7 Å². The minimum Gasteiger partial charge on any atom is -0.325 e. The van der Waals surface area contributed by atoms with Gasteiger partial charge in [-0.1, -0.05) is 0 Å². The van der Waals surface area contributed by atoms with Crippen molar-refractivity contribution in [3.05, 3.63) is 39.0 Å². The number of benzene rings is 1. The first kappa shape index (κ1) is 18.8. The SMILES string of the molecule is CC(C)n1c(=O)n(CC2CC2)c(=O)c2cc(NC(=O)N3CCCCC3)ccc21. The molecule has 0 radical (unpaired) electrons. The van der Waals surface area contributed by atoms with Crippen molar-refractivity contribution in [1.82, 2.24) is 14.0 Å². The number of likely N-dealkylation sites (tertiary alicyclic amines) is 1. The predicted octanol–water partition coefficient (Wildman–Crippen LogP) is 3.17. The lowest BCUT2D eigenvalue weighted by Gasteiger charge is -2.26. The molecular weight excluding hydrogens is 356 g/mol. The van der Waals surface area contributed by atoms with Gasteiger partial charge in [0.1, 0.15) is 0 Å². The second-order valence-electron chi connectivity index (χ2n) is 8.32. The summed E-state index contributed by atoms with van der Waals surface area (Å²) in [4.78, 5) is 40.3. The number of carbonyl (C=O) groups excluding carboxylic acids is 1. The van der Waals surface area contributed by atoms with Crippen molar-refractivity contribution in [2.24, 2.45) is 5.92 Å². The van der Waals surface area contributed by atoms with Crippen molar-refractivity contribution in [3.63, 3.8) is 0 Å². The van der Waals surface area contributed by atoms with E-state index in [2.05, 4.69) is 5.32 Å². The maximum Gasteiger partial charge on any atom is 0.331 e. The number of nitrogens with one attached hydrogen (secondary N) is 1. The Bertz CT molecular complexity index is 1010. The zero-order valence-corrected chi connectivity index (χ0v) is 16.6. The lowest BCUT2D eigenvalue weighted by Crippen LogP contribution is -2.41. The monoisotopic (exact) mass is 384 g/mol. The number of anilines is 1. The van der Waals surface area contributed by atoms with Crippen LogP contribution in [0.1, 0.15) is 52.0 Å². The largest absolute Gasteiger partial charge is 0.331 e. The average molecular weight is 384 g/mol. The topological polar surface area (TPSA) is 76.3 Å². The molecule has 4 rings (SSSR count). The number of hydrogen-bond donors (Lipinski definition) is 1.